The van der Waals surface area contributed by atoms with Crippen LogP contribution >= 0.6 is 15.9 Å². The number of H-pyrrole nitrogens is 1. The van der Waals surface area contributed by atoms with Crippen LogP contribution in [0.1, 0.15) is 44.0 Å². The first kappa shape index (κ1) is 18.2. The Kier molecular flexibility index (Phi) is 5.41. The van der Waals surface area contributed by atoms with Crippen LogP contribution in [0.15, 0.2) is 34.9 Å². The second-order valence-corrected chi connectivity index (χ2v) is 6.88. The molecular weight excluding hydrogens is 404 g/mol. The van der Waals surface area contributed by atoms with Gasteiger partial charge in [-0.3, -0.25) is 9.59 Å². The van der Waals surface area contributed by atoms with Gasteiger partial charge in [0.05, 0.1) is 0 Å². The van der Waals surface area contributed by atoms with Crippen LogP contribution in [0.3, 0.4) is 0 Å². The highest BCUT2D eigenvalue weighted by atomic mass is 79.9. The molecule has 1 saturated heterocycles. The molecule has 1 aromatic carbocycles. The molecule has 0 unspecified atom stereocenters. The lowest BCUT2D eigenvalue weighted by atomic mass is 10.2. The zero-order chi connectivity index (χ0) is 18.7. The minimum absolute atomic E-state index is 0.0360. The van der Waals surface area contributed by atoms with Crippen molar-refractivity contribution in [3.05, 3.63) is 51.8 Å². The van der Waals surface area contributed by atoms with Crippen LogP contribution in [0.2, 0.25) is 0 Å². The molecule has 8 heteroatoms. The van der Waals surface area contributed by atoms with Crippen molar-refractivity contribution < 1.29 is 24.2 Å². The summed E-state index contributed by atoms with van der Waals surface area (Å²) in [5.74, 6) is -1.62. The first-order valence-corrected chi connectivity index (χ1v) is 8.91. The first-order chi connectivity index (χ1) is 12.5. The molecule has 2 N–H and O–H groups in total. The monoisotopic (exact) mass is 420 g/mol. The number of hydrogen-bond donors (Lipinski definition) is 2. The number of phenolic OH excluding ortho intramolecular Hbond substituents is 1. The number of halogens is 1. The number of ether oxygens (including phenoxy) is 1. The number of aromatic amines is 1. The standard InChI is InChI=1S/C18H17BrN2O5/c19-12-3-4-15(22)13(8-12)18(25)26-10-16(23)11-7-14(20-9-11)17(24)21-5-1-2-6-21/h3-4,7-9,20,22H,1-2,5-6,10H2. The molecule has 7 nitrogen and oxygen atoms in total. The third-order valence-corrected chi connectivity index (χ3v) is 4.63. The molecule has 0 saturated carbocycles. The predicted octanol–water partition coefficient (Wildman–Crippen LogP) is 2.76. The number of phenols is 1. The van der Waals surface area contributed by atoms with Gasteiger partial charge in [-0.05, 0) is 37.1 Å². The van der Waals surface area contributed by atoms with Crippen LogP contribution in [0.5, 0.6) is 5.75 Å². The van der Waals surface area contributed by atoms with Crippen LogP contribution in [-0.2, 0) is 4.74 Å². The Labute approximate surface area is 158 Å². The molecule has 1 aromatic heterocycles. The lowest BCUT2D eigenvalue weighted by molar-refractivity contribution is 0.0471. The molecule has 1 fully saturated rings. The number of carbonyl (C=O) groups is 3. The Morgan fingerprint density at radius 3 is 2.65 bits per heavy atom. The third kappa shape index (κ3) is 3.96. The Morgan fingerprint density at radius 2 is 1.92 bits per heavy atom. The summed E-state index contributed by atoms with van der Waals surface area (Å²) in [4.78, 5) is 41.0. The molecule has 1 aliphatic heterocycles. The van der Waals surface area contributed by atoms with Gasteiger partial charge in [0.2, 0.25) is 5.78 Å². The van der Waals surface area contributed by atoms with E-state index in [-0.39, 0.29) is 22.8 Å². The maximum atomic E-state index is 12.3. The van der Waals surface area contributed by atoms with Crippen LogP contribution < -0.4 is 0 Å². The third-order valence-electron chi connectivity index (χ3n) is 4.14. The van der Waals surface area contributed by atoms with Gasteiger partial charge in [0, 0.05) is 29.3 Å². The van der Waals surface area contributed by atoms with E-state index in [2.05, 4.69) is 20.9 Å². The van der Waals surface area contributed by atoms with Crippen molar-refractivity contribution in [3.63, 3.8) is 0 Å². The zero-order valence-corrected chi connectivity index (χ0v) is 15.4. The number of likely N-dealkylation sites (tertiary alicyclic amines) is 1. The van der Waals surface area contributed by atoms with Crippen molar-refractivity contribution in [1.29, 1.82) is 0 Å². The van der Waals surface area contributed by atoms with Crippen LogP contribution in [0.25, 0.3) is 0 Å². The smallest absolute Gasteiger partial charge is 0.342 e. The number of hydrogen-bond acceptors (Lipinski definition) is 5. The summed E-state index contributed by atoms with van der Waals surface area (Å²) in [5.41, 5.74) is 0.566. The molecular formula is C18H17BrN2O5. The second-order valence-electron chi connectivity index (χ2n) is 5.96. The minimum Gasteiger partial charge on any atom is -0.507 e. The molecule has 0 bridgehead atoms. The lowest BCUT2D eigenvalue weighted by Crippen LogP contribution is -2.27. The van der Waals surface area contributed by atoms with Crippen LogP contribution in [-0.4, -0.2) is 52.3 Å². The van der Waals surface area contributed by atoms with Crippen molar-refractivity contribution in [2.24, 2.45) is 0 Å². The van der Waals surface area contributed by atoms with E-state index in [0.717, 1.165) is 25.9 Å². The van der Waals surface area contributed by atoms with E-state index in [1.54, 1.807) is 11.0 Å². The highest BCUT2D eigenvalue weighted by molar-refractivity contribution is 9.10. The van der Waals surface area contributed by atoms with Crippen molar-refractivity contribution in [3.8, 4) is 5.75 Å². The highest BCUT2D eigenvalue weighted by Crippen LogP contribution is 2.22. The van der Waals surface area contributed by atoms with Gasteiger partial charge in [-0.2, -0.15) is 0 Å². The van der Waals surface area contributed by atoms with Gasteiger partial charge in [-0.25, -0.2) is 4.79 Å². The van der Waals surface area contributed by atoms with Gasteiger partial charge in [-0.15, -0.1) is 0 Å². The molecule has 3 rings (SSSR count). The lowest BCUT2D eigenvalue weighted by Gasteiger charge is -2.13. The van der Waals surface area contributed by atoms with Gasteiger partial charge >= 0.3 is 5.97 Å². The topological polar surface area (TPSA) is 99.7 Å². The molecule has 136 valence electrons. The number of esters is 1. The van der Waals surface area contributed by atoms with Crippen LogP contribution in [0.4, 0.5) is 0 Å². The van der Waals surface area contributed by atoms with Crippen LogP contribution in [0, 0.1) is 0 Å². The summed E-state index contributed by atoms with van der Waals surface area (Å²) in [7, 11) is 0. The van der Waals surface area contributed by atoms with E-state index in [9.17, 15) is 19.5 Å². The summed E-state index contributed by atoms with van der Waals surface area (Å²) in [6.45, 7) is 0.948. The molecule has 0 aliphatic carbocycles. The SMILES string of the molecule is O=C(COC(=O)c1cc(Br)ccc1O)c1c[nH]c(C(=O)N2CCCC2)c1. The average Bonchev–Trinajstić information content (AvgIpc) is 3.32. The fourth-order valence-electron chi connectivity index (χ4n) is 2.73. The number of aromatic hydroxyl groups is 1. The van der Waals surface area contributed by atoms with E-state index < -0.39 is 18.4 Å². The molecule has 0 atom stereocenters. The Hall–Kier alpha value is -2.61. The van der Waals surface area contributed by atoms with Crippen molar-refractivity contribution >= 4 is 33.6 Å². The minimum atomic E-state index is -0.805. The number of nitrogens with one attached hydrogen (secondary N) is 1. The summed E-state index contributed by atoms with van der Waals surface area (Å²) in [5, 5.41) is 9.70. The molecule has 26 heavy (non-hydrogen) atoms. The number of amides is 1. The maximum Gasteiger partial charge on any atom is 0.342 e. The number of rotatable bonds is 5. The molecule has 0 radical (unpaired) electrons. The van der Waals surface area contributed by atoms with Crippen molar-refractivity contribution in [2.75, 3.05) is 19.7 Å². The Balaban J connectivity index is 1.61. The molecule has 2 heterocycles. The highest BCUT2D eigenvalue weighted by Gasteiger charge is 2.22. The molecule has 1 amide bonds. The summed E-state index contributed by atoms with van der Waals surface area (Å²) in [6.07, 6.45) is 3.39. The number of carbonyl (C=O) groups excluding carboxylic acids is 3. The zero-order valence-electron chi connectivity index (χ0n) is 13.8. The van der Waals surface area contributed by atoms with E-state index in [4.69, 9.17) is 4.74 Å². The summed E-state index contributed by atoms with van der Waals surface area (Å²) >= 11 is 3.20. The van der Waals surface area contributed by atoms with Crippen molar-refractivity contribution in [1.82, 2.24) is 9.88 Å². The number of ketones is 1. The quantitative estimate of drug-likeness (QED) is 0.572. The molecule has 1 aliphatic rings. The normalized spacial score (nSPS) is 13.7. The average molecular weight is 421 g/mol. The largest absolute Gasteiger partial charge is 0.507 e. The van der Waals surface area contributed by atoms with Gasteiger partial charge in [0.25, 0.3) is 5.91 Å². The number of aromatic nitrogens is 1. The van der Waals surface area contributed by atoms with Crippen molar-refractivity contribution in [2.45, 2.75) is 12.8 Å². The van der Waals surface area contributed by atoms with Gasteiger partial charge in [-0.1, -0.05) is 15.9 Å². The summed E-state index contributed by atoms with van der Waals surface area (Å²) < 4.78 is 5.57. The number of Topliss-reactive ketones (excluding diaryl/α,β-unsaturated/α-hetero) is 1. The number of nitrogens with zero attached hydrogens (tertiary/aromatic N) is 1. The fourth-order valence-corrected chi connectivity index (χ4v) is 3.09. The Bertz CT molecular complexity index is 855. The Morgan fingerprint density at radius 1 is 1.19 bits per heavy atom. The number of benzene rings is 1. The molecule has 0 spiro atoms. The van der Waals surface area contributed by atoms with Gasteiger partial charge in [0.1, 0.15) is 17.0 Å². The maximum absolute atomic E-state index is 12.3. The van der Waals surface area contributed by atoms with Gasteiger partial charge < -0.3 is 19.7 Å². The first-order valence-electron chi connectivity index (χ1n) is 8.12. The molecule has 2 aromatic rings. The predicted molar refractivity (Wildman–Crippen MR) is 96.4 cm³/mol. The van der Waals surface area contributed by atoms with E-state index in [1.807, 2.05) is 0 Å². The van der Waals surface area contributed by atoms with E-state index >= 15 is 0 Å². The van der Waals surface area contributed by atoms with E-state index in [0.29, 0.717) is 10.2 Å². The van der Waals surface area contributed by atoms with E-state index in [1.165, 1.54) is 24.4 Å². The fraction of sp³-hybridized carbons (Fsp3) is 0.278. The summed E-state index contributed by atoms with van der Waals surface area (Å²) in [6, 6.07) is 5.81. The second kappa shape index (κ2) is 7.74. The van der Waals surface area contributed by atoms with Gasteiger partial charge in [0.15, 0.2) is 6.61 Å².